The molecule has 0 saturated heterocycles. The van der Waals surface area contributed by atoms with Crippen molar-refractivity contribution in [2.75, 3.05) is 39.6 Å². The zero-order valence-electron chi connectivity index (χ0n) is 7.45. The molecule has 0 amide bonds. The molecule has 5 heteroatoms. The van der Waals surface area contributed by atoms with Gasteiger partial charge in [-0.3, -0.25) is 0 Å². The second-order valence-electron chi connectivity index (χ2n) is 2.05. The van der Waals surface area contributed by atoms with Crippen molar-refractivity contribution in [2.45, 2.75) is 6.92 Å². The van der Waals surface area contributed by atoms with Gasteiger partial charge in [0.2, 0.25) is 0 Å². The molecule has 0 fully saturated rings. The molecule has 0 rings (SSSR count). The normalized spacial score (nSPS) is 9.31. The monoisotopic (exact) mass is 200 g/mol. The van der Waals surface area contributed by atoms with Crippen molar-refractivity contribution in [2.24, 2.45) is 0 Å². The maximum atomic E-state index is 9.79. The molecule has 0 unspecified atom stereocenters. The Hall–Kier alpha value is 0.550. The van der Waals surface area contributed by atoms with Gasteiger partial charge in [0, 0.05) is 6.61 Å². The van der Waals surface area contributed by atoms with Gasteiger partial charge >= 0.3 is 29.6 Å². The van der Waals surface area contributed by atoms with Gasteiger partial charge in [-0.2, -0.15) is 0 Å². The van der Waals surface area contributed by atoms with Crippen molar-refractivity contribution < 1.29 is 19.0 Å². The molecule has 0 aromatic rings. The van der Waals surface area contributed by atoms with Crippen LogP contribution in [0, 0.1) is 0 Å². The second kappa shape index (κ2) is 15.0. The molecule has 0 spiro atoms. The van der Waals surface area contributed by atoms with Gasteiger partial charge in [-0.25, -0.2) is 0 Å². The number of carbonyl (C=O) groups is 1. The molecule has 0 aliphatic rings. The predicted molar refractivity (Wildman–Crippen MR) is 51.3 cm³/mol. The summed E-state index contributed by atoms with van der Waals surface area (Å²) in [5.41, 5.74) is 0. The molecule has 0 aromatic heterocycles. The van der Waals surface area contributed by atoms with Gasteiger partial charge in [0.05, 0.1) is 26.4 Å². The summed E-state index contributed by atoms with van der Waals surface area (Å²) in [5, 5.41) is 0. The first-order chi connectivity index (χ1) is 5.91. The minimum absolute atomic E-state index is 0. The van der Waals surface area contributed by atoms with Crippen LogP contribution in [0.3, 0.4) is 0 Å². The summed E-state index contributed by atoms with van der Waals surface area (Å²) >= 11 is 0. The Labute approximate surface area is 101 Å². The van der Waals surface area contributed by atoms with E-state index in [4.69, 9.17) is 14.2 Å². The van der Waals surface area contributed by atoms with Gasteiger partial charge in [-0.15, -0.1) is 0 Å². The van der Waals surface area contributed by atoms with E-state index in [0.717, 1.165) is 6.29 Å². The SMILES string of the molecule is CCOCCOCCOCC=O.[NaH]. The third-order valence-electron chi connectivity index (χ3n) is 1.13. The zero-order chi connectivity index (χ0) is 9.07. The van der Waals surface area contributed by atoms with E-state index in [9.17, 15) is 4.79 Å². The van der Waals surface area contributed by atoms with Crippen molar-refractivity contribution in [1.29, 1.82) is 0 Å². The van der Waals surface area contributed by atoms with Crippen molar-refractivity contribution in [1.82, 2.24) is 0 Å². The molecule has 13 heavy (non-hydrogen) atoms. The summed E-state index contributed by atoms with van der Waals surface area (Å²) in [6, 6.07) is 0. The molecule has 74 valence electrons. The van der Waals surface area contributed by atoms with E-state index >= 15 is 0 Å². The van der Waals surface area contributed by atoms with Crippen LogP contribution >= 0.6 is 0 Å². The zero-order valence-corrected chi connectivity index (χ0v) is 7.45. The Kier molecular flexibility index (Phi) is 18.5. The average molecular weight is 200 g/mol. The Bertz CT molecular complexity index is 100. The molecular weight excluding hydrogens is 183 g/mol. The van der Waals surface area contributed by atoms with Gasteiger partial charge in [-0.05, 0) is 6.92 Å². The standard InChI is InChI=1S/C8H16O4.Na.H/c1-2-10-5-6-12-8-7-11-4-3-9;;/h3H,2,4-8H2,1H3;;. The van der Waals surface area contributed by atoms with Crippen molar-refractivity contribution >= 4 is 35.8 Å². The quantitative estimate of drug-likeness (QED) is 0.289. The van der Waals surface area contributed by atoms with Gasteiger partial charge in [-0.1, -0.05) is 0 Å². The molecule has 0 aliphatic carbocycles. The number of ether oxygens (including phenoxy) is 3. The Morgan fingerprint density at radius 2 is 1.54 bits per heavy atom. The molecule has 0 bridgehead atoms. The van der Waals surface area contributed by atoms with Crippen LogP contribution in [-0.4, -0.2) is 75.5 Å². The Balaban J connectivity index is 0. The maximum absolute atomic E-state index is 9.79. The van der Waals surface area contributed by atoms with Crippen LogP contribution in [0.1, 0.15) is 6.92 Å². The minimum atomic E-state index is 0. The fourth-order valence-electron chi connectivity index (χ4n) is 0.614. The second-order valence-corrected chi connectivity index (χ2v) is 2.05. The summed E-state index contributed by atoms with van der Waals surface area (Å²) < 4.78 is 15.0. The van der Waals surface area contributed by atoms with Gasteiger partial charge in [0.1, 0.15) is 12.9 Å². The predicted octanol–water partition coefficient (Wildman–Crippen LogP) is -0.393. The van der Waals surface area contributed by atoms with Gasteiger partial charge < -0.3 is 19.0 Å². The van der Waals surface area contributed by atoms with E-state index < -0.39 is 0 Å². The van der Waals surface area contributed by atoms with Crippen LogP contribution in [0.25, 0.3) is 0 Å². The van der Waals surface area contributed by atoms with Crippen molar-refractivity contribution in [3.63, 3.8) is 0 Å². The first kappa shape index (κ1) is 16.0. The fraction of sp³-hybridized carbons (Fsp3) is 0.875. The van der Waals surface area contributed by atoms with E-state index in [2.05, 4.69) is 0 Å². The molecule has 0 N–H and O–H groups in total. The Morgan fingerprint density at radius 3 is 2.08 bits per heavy atom. The van der Waals surface area contributed by atoms with Crippen molar-refractivity contribution in [3.05, 3.63) is 0 Å². The van der Waals surface area contributed by atoms with Crippen LogP contribution in [0.15, 0.2) is 0 Å². The third-order valence-corrected chi connectivity index (χ3v) is 1.13. The van der Waals surface area contributed by atoms with E-state index in [1.165, 1.54) is 0 Å². The molecule has 0 aromatic carbocycles. The first-order valence-electron chi connectivity index (χ1n) is 4.08. The van der Waals surface area contributed by atoms with Crippen LogP contribution in [0.5, 0.6) is 0 Å². The number of hydrogen-bond acceptors (Lipinski definition) is 4. The van der Waals surface area contributed by atoms with E-state index in [0.29, 0.717) is 33.0 Å². The Morgan fingerprint density at radius 1 is 1.00 bits per heavy atom. The van der Waals surface area contributed by atoms with Crippen molar-refractivity contribution in [3.8, 4) is 0 Å². The topological polar surface area (TPSA) is 44.8 Å². The molecule has 0 atom stereocenters. The third kappa shape index (κ3) is 15.3. The molecule has 4 nitrogen and oxygen atoms in total. The molecular formula is C8H17NaO4. The van der Waals surface area contributed by atoms with Crippen LogP contribution in [-0.2, 0) is 19.0 Å². The number of rotatable bonds is 9. The summed E-state index contributed by atoms with van der Waals surface area (Å²) in [5.74, 6) is 0. The fourth-order valence-corrected chi connectivity index (χ4v) is 0.614. The number of carbonyl (C=O) groups excluding carboxylic acids is 1. The van der Waals surface area contributed by atoms with E-state index in [1.54, 1.807) is 0 Å². The first-order valence-corrected chi connectivity index (χ1v) is 4.08. The summed E-state index contributed by atoms with van der Waals surface area (Å²) in [4.78, 5) is 9.79. The number of hydrogen-bond donors (Lipinski definition) is 0. The van der Waals surface area contributed by atoms with Crippen LogP contribution < -0.4 is 0 Å². The van der Waals surface area contributed by atoms with Crippen LogP contribution in [0.4, 0.5) is 0 Å². The summed E-state index contributed by atoms with van der Waals surface area (Å²) in [6.07, 6.45) is 0.722. The summed E-state index contributed by atoms with van der Waals surface area (Å²) in [6.45, 7) is 4.97. The molecule has 0 heterocycles. The number of aldehydes is 1. The molecule has 0 radical (unpaired) electrons. The van der Waals surface area contributed by atoms with Gasteiger partial charge in [0.15, 0.2) is 0 Å². The van der Waals surface area contributed by atoms with E-state index in [-0.39, 0.29) is 36.2 Å². The van der Waals surface area contributed by atoms with E-state index in [1.807, 2.05) is 6.92 Å². The average Bonchev–Trinajstić information content (AvgIpc) is 2.10. The molecule has 0 aliphatic heterocycles. The van der Waals surface area contributed by atoms with Crippen LogP contribution in [0.2, 0.25) is 0 Å². The summed E-state index contributed by atoms with van der Waals surface area (Å²) in [7, 11) is 0. The molecule has 0 saturated carbocycles. The van der Waals surface area contributed by atoms with Gasteiger partial charge in [0.25, 0.3) is 0 Å².